The number of esters is 1. The topological polar surface area (TPSA) is 26.3 Å². The van der Waals surface area contributed by atoms with Crippen LogP contribution in [0.4, 0.5) is 8.78 Å². The first-order valence-corrected chi connectivity index (χ1v) is 10.6. The Balaban J connectivity index is 1.72. The predicted molar refractivity (Wildman–Crippen MR) is 105 cm³/mol. The van der Waals surface area contributed by atoms with E-state index in [4.69, 9.17) is 0 Å². The number of hydrogen-bond acceptors (Lipinski definition) is 2. The molecule has 0 aromatic heterocycles. The van der Waals surface area contributed by atoms with E-state index in [9.17, 15) is 13.6 Å². The molecule has 0 radical (unpaired) electrons. The Labute approximate surface area is 162 Å². The Morgan fingerprint density at radius 3 is 2.19 bits per heavy atom. The Hall–Kier alpha value is -1.45. The van der Waals surface area contributed by atoms with Gasteiger partial charge in [0.25, 0.3) is 0 Å². The number of alkyl halides is 2. The maximum atomic E-state index is 12.8. The summed E-state index contributed by atoms with van der Waals surface area (Å²) in [7, 11) is 0. The molecule has 0 bridgehead atoms. The Morgan fingerprint density at radius 2 is 1.59 bits per heavy atom. The second-order valence-electron chi connectivity index (χ2n) is 8.09. The van der Waals surface area contributed by atoms with Crippen LogP contribution in [-0.2, 0) is 4.74 Å². The number of rotatable bonds is 10. The van der Waals surface area contributed by atoms with Gasteiger partial charge >= 0.3 is 12.1 Å². The number of benzene rings is 1. The van der Waals surface area contributed by atoms with Crippen LogP contribution in [0.15, 0.2) is 24.3 Å². The molecule has 4 heteroatoms. The van der Waals surface area contributed by atoms with Crippen LogP contribution in [0, 0.1) is 5.92 Å². The summed E-state index contributed by atoms with van der Waals surface area (Å²) in [6.45, 7) is 2.82. The zero-order valence-corrected chi connectivity index (χ0v) is 16.8. The third-order valence-corrected chi connectivity index (χ3v) is 5.70. The van der Waals surface area contributed by atoms with E-state index in [1.165, 1.54) is 76.2 Å². The maximum absolute atomic E-state index is 12.8. The third kappa shape index (κ3) is 7.98. The van der Waals surface area contributed by atoms with Crippen LogP contribution in [0.25, 0.3) is 0 Å². The summed E-state index contributed by atoms with van der Waals surface area (Å²) in [5, 5.41) is 0. The molecule has 1 aromatic carbocycles. The van der Waals surface area contributed by atoms with Crippen LogP contribution in [0.5, 0.6) is 0 Å². The molecule has 0 aliphatic heterocycles. The monoisotopic (exact) mass is 380 g/mol. The smallest absolute Gasteiger partial charge is 0.397 e. The number of carbonyl (C=O) groups is 1. The molecule has 1 aliphatic carbocycles. The maximum Gasteiger partial charge on any atom is 0.397 e. The highest BCUT2D eigenvalue weighted by atomic mass is 19.3. The Kier molecular flexibility index (Phi) is 8.72. The van der Waals surface area contributed by atoms with E-state index in [2.05, 4.69) is 11.7 Å². The van der Waals surface area contributed by atoms with Crippen LogP contribution in [0.2, 0.25) is 0 Å². The molecule has 0 unspecified atom stereocenters. The molecule has 0 spiro atoms. The first kappa shape index (κ1) is 21.8. The molecular weight excluding hydrogens is 346 g/mol. The van der Waals surface area contributed by atoms with Crippen molar-refractivity contribution in [2.24, 2.45) is 5.92 Å². The molecule has 152 valence electrons. The van der Waals surface area contributed by atoms with Crippen molar-refractivity contribution in [2.45, 2.75) is 96.5 Å². The summed E-state index contributed by atoms with van der Waals surface area (Å²) in [6.07, 6.45) is 11.0. The van der Waals surface area contributed by atoms with Crippen molar-refractivity contribution in [3.8, 4) is 0 Å². The van der Waals surface area contributed by atoms with Crippen molar-refractivity contribution < 1.29 is 18.3 Å². The minimum atomic E-state index is -3.44. The van der Waals surface area contributed by atoms with E-state index in [1.54, 1.807) is 12.1 Å². The summed E-state index contributed by atoms with van der Waals surface area (Å²) in [6, 6.07) is 6.99. The SMILES string of the molecule is CCCCCCCCC1CCC(c2ccc(C(=O)OC(C)(F)F)cc2)CC1. The van der Waals surface area contributed by atoms with Crippen LogP contribution < -0.4 is 0 Å². The second-order valence-corrected chi connectivity index (χ2v) is 8.09. The highest BCUT2D eigenvalue weighted by Gasteiger charge is 2.27. The van der Waals surface area contributed by atoms with Gasteiger partial charge in [-0.05, 0) is 55.2 Å². The van der Waals surface area contributed by atoms with Gasteiger partial charge in [0.2, 0.25) is 0 Å². The molecule has 0 atom stereocenters. The van der Waals surface area contributed by atoms with E-state index in [0.717, 1.165) is 5.92 Å². The van der Waals surface area contributed by atoms with Crippen molar-refractivity contribution in [1.82, 2.24) is 0 Å². The molecule has 1 aliphatic rings. The molecule has 0 heterocycles. The average Bonchev–Trinajstić information content (AvgIpc) is 2.64. The van der Waals surface area contributed by atoms with Gasteiger partial charge in [-0.1, -0.05) is 64.0 Å². The summed E-state index contributed by atoms with van der Waals surface area (Å²) in [5.41, 5.74) is 1.38. The van der Waals surface area contributed by atoms with Crippen molar-refractivity contribution in [3.05, 3.63) is 35.4 Å². The quantitative estimate of drug-likeness (QED) is 0.311. The standard InChI is InChI=1S/C23H34F2O2/c1-3-4-5-6-7-8-9-18-10-12-19(13-11-18)20-14-16-21(17-15-20)22(26)27-23(2,24)25/h14-19H,3-13H2,1-2H3. The summed E-state index contributed by atoms with van der Waals surface area (Å²) in [4.78, 5) is 11.7. The normalized spacial score (nSPS) is 20.4. The third-order valence-electron chi connectivity index (χ3n) is 5.70. The van der Waals surface area contributed by atoms with Crippen molar-refractivity contribution >= 4 is 5.97 Å². The number of ether oxygens (including phenoxy) is 1. The van der Waals surface area contributed by atoms with Gasteiger partial charge in [-0.25, -0.2) is 4.79 Å². The van der Waals surface area contributed by atoms with E-state index in [1.807, 2.05) is 12.1 Å². The molecule has 27 heavy (non-hydrogen) atoms. The summed E-state index contributed by atoms with van der Waals surface area (Å²) in [5.74, 6) is 0.397. The Morgan fingerprint density at radius 1 is 1.00 bits per heavy atom. The van der Waals surface area contributed by atoms with Gasteiger partial charge in [-0.2, -0.15) is 8.78 Å². The molecule has 0 saturated heterocycles. The lowest BCUT2D eigenvalue weighted by molar-refractivity contribution is -0.185. The summed E-state index contributed by atoms with van der Waals surface area (Å²) >= 11 is 0. The predicted octanol–water partition coefficient (Wildman–Crippen LogP) is 7.48. The van der Waals surface area contributed by atoms with Crippen LogP contribution in [0.3, 0.4) is 0 Å². The fourth-order valence-electron chi connectivity index (χ4n) is 4.11. The van der Waals surface area contributed by atoms with Crippen molar-refractivity contribution in [2.75, 3.05) is 0 Å². The van der Waals surface area contributed by atoms with Gasteiger partial charge in [0.05, 0.1) is 5.56 Å². The zero-order valence-electron chi connectivity index (χ0n) is 16.8. The van der Waals surface area contributed by atoms with Gasteiger partial charge in [0.1, 0.15) is 0 Å². The fourth-order valence-corrected chi connectivity index (χ4v) is 4.11. The van der Waals surface area contributed by atoms with Gasteiger partial charge < -0.3 is 4.74 Å². The fraction of sp³-hybridized carbons (Fsp3) is 0.696. The van der Waals surface area contributed by atoms with E-state index in [-0.39, 0.29) is 5.56 Å². The van der Waals surface area contributed by atoms with Crippen LogP contribution in [-0.4, -0.2) is 12.1 Å². The minimum absolute atomic E-state index is 0.178. The first-order chi connectivity index (χ1) is 12.9. The molecular formula is C23H34F2O2. The molecule has 1 fully saturated rings. The van der Waals surface area contributed by atoms with Crippen molar-refractivity contribution in [1.29, 1.82) is 0 Å². The van der Waals surface area contributed by atoms with Crippen LogP contribution >= 0.6 is 0 Å². The van der Waals surface area contributed by atoms with Crippen molar-refractivity contribution in [3.63, 3.8) is 0 Å². The van der Waals surface area contributed by atoms with Gasteiger partial charge in [0, 0.05) is 6.92 Å². The van der Waals surface area contributed by atoms with E-state index >= 15 is 0 Å². The first-order valence-electron chi connectivity index (χ1n) is 10.6. The lowest BCUT2D eigenvalue weighted by Crippen LogP contribution is -2.21. The zero-order chi connectivity index (χ0) is 19.7. The number of carbonyl (C=O) groups excluding carboxylic acids is 1. The molecule has 1 aromatic rings. The highest BCUT2D eigenvalue weighted by Crippen LogP contribution is 2.37. The highest BCUT2D eigenvalue weighted by molar-refractivity contribution is 5.89. The lowest BCUT2D eigenvalue weighted by atomic mass is 9.77. The molecule has 1 saturated carbocycles. The average molecular weight is 381 g/mol. The van der Waals surface area contributed by atoms with E-state index in [0.29, 0.717) is 12.8 Å². The number of unbranched alkanes of at least 4 members (excludes halogenated alkanes) is 5. The van der Waals surface area contributed by atoms with Crippen LogP contribution in [0.1, 0.15) is 106 Å². The lowest BCUT2D eigenvalue weighted by Gasteiger charge is -2.29. The molecule has 0 N–H and O–H groups in total. The van der Waals surface area contributed by atoms with E-state index < -0.39 is 12.1 Å². The Bertz CT molecular complexity index is 555. The molecule has 2 rings (SSSR count). The van der Waals surface area contributed by atoms with Gasteiger partial charge in [-0.3, -0.25) is 0 Å². The molecule has 0 amide bonds. The largest absolute Gasteiger partial charge is 0.397 e. The molecule has 2 nitrogen and oxygen atoms in total. The second kappa shape index (κ2) is 10.8. The van der Waals surface area contributed by atoms with Gasteiger partial charge in [0.15, 0.2) is 0 Å². The van der Waals surface area contributed by atoms with Gasteiger partial charge in [-0.15, -0.1) is 0 Å². The minimum Gasteiger partial charge on any atom is -0.397 e. The summed E-state index contributed by atoms with van der Waals surface area (Å²) < 4.78 is 29.7. The number of halogens is 2. The number of hydrogen-bond donors (Lipinski definition) is 0.